The van der Waals surface area contributed by atoms with Crippen LogP contribution in [0.4, 0.5) is 5.69 Å². The number of hydrogen-bond donors (Lipinski definition) is 3. The van der Waals surface area contributed by atoms with E-state index in [1.54, 1.807) is 12.1 Å². The molecule has 0 saturated heterocycles. The Morgan fingerprint density at radius 3 is 2.40 bits per heavy atom. The van der Waals surface area contributed by atoms with E-state index in [1.807, 2.05) is 12.1 Å². The van der Waals surface area contributed by atoms with E-state index >= 15 is 0 Å². The van der Waals surface area contributed by atoms with Crippen molar-refractivity contribution in [1.82, 2.24) is 4.98 Å². The van der Waals surface area contributed by atoms with E-state index in [0.29, 0.717) is 20.6 Å². The Morgan fingerprint density at radius 1 is 1.10 bits per heavy atom. The molecule has 1 aromatic heterocycles. The number of thiazole rings is 1. The Bertz CT molecular complexity index is 1210. The molecule has 0 spiro atoms. The number of hydrogen-bond acceptors (Lipinski definition) is 6. The van der Waals surface area contributed by atoms with Crippen molar-refractivity contribution in [2.24, 2.45) is 15.9 Å². The van der Waals surface area contributed by atoms with Crippen molar-refractivity contribution in [2.45, 2.75) is 4.90 Å². The van der Waals surface area contributed by atoms with Crippen molar-refractivity contribution in [3.8, 4) is 10.6 Å². The van der Waals surface area contributed by atoms with Crippen molar-refractivity contribution in [3.63, 3.8) is 0 Å². The number of carbonyl (C=O) groups excluding carboxylic acids is 1. The Morgan fingerprint density at radius 2 is 1.77 bits per heavy atom. The van der Waals surface area contributed by atoms with Gasteiger partial charge in [-0.2, -0.15) is 8.42 Å². The van der Waals surface area contributed by atoms with E-state index < -0.39 is 16.0 Å². The minimum Gasteiger partial charge on any atom is -0.369 e. The van der Waals surface area contributed by atoms with Crippen LogP contribution in [0.3, 0.4) is 0 Å². The summed E-state index contributed by atoms with van der Waals surface area (Å²) in [5.41, 5.74) is 11.7. The number of nitrogens with one attached hydrogen (secondary N) is 1. The van der Waals surface area contributed by atoms with Gasteiger partial charge >= 0.3 is 0 Å². The summed E-state index contributed by atoms with van der Waals surface area (Å²) in [6.45, 7) is 0. The van der Waals surface area contributed by atoms with E-state index in [0.717, 1.165) is 5.56 Å². The summed E-state index contributed by atoms with van der Waals surface area (Å²) in [6.07, 6.45) is 4.34. The van der Waals surface area contributed by atoms with Crippen molar-refractivity contribution in [1.29, 1.82) is 0 Å². The summed E-state index contributed by atoms with van der Waals surface area (Å²) in [5, 5.41) is 4.24. The molecule has 0 radical (unpaired) electrons. The van der Waals surface area contributed by atoms with Crippen LogP contribution in [0, 0.1) is 0 Å². The molecular weight excluding hydrogens is 446 g/mol. The Kier molecular flexibility index (Phi) is 6.50. The average Bonchev–Trinajstić information content (AvgIpc) is 3.18. The Labute approximate surface area is 182 Å². The fraction of sp³-hybridized carbons (Fsp3) is 0. The summed E-state index contributed by atoms with van der Waals surface area (Å²) in [5.74, 6) is -0.756. The molecule has 0 amide bonds. The molecule has 0 aliphatic carbocycles. The van der Waals surface area contributed by atoms with Gasteiger partial charge in [0.2, 0.25) is 5.96 Å². The van der Waals surface area contributed by atoms with Crippen molar-refractivity contribution >= 4 is 50.4 Å². The maximum absolute atomic E-state index is 12.3. The SMILES string of the molecule is NC(N)=NS(=O)(=O)c1ccc(N/C=C/C(=O)c2cnc(-c3ccc(Cl)cc3)s2)cc1. The van der Waals surface area contributed by atoms with Gasteiger partial charge in [0, 0.05) is 34.7 Å². The number of nitrogens with two attached hydrogens (primary N) is 2. The first-order valence-electron chi connectivity index (χ1n) is 8.40. The molecule has 0 bridgehead atoms. The highest BCUT2D eigenvalue weighted by molar-refractivity contribution is 7.90. The first-order valence-corrected chi connectivity index (χ1v) is 11.0. The maximum atomic E-state index is 12.3. The zero-order valence-corrected chi connectivity index (χ0v) is 17.7. The second-order valence-electron chi connectivity index (χ2n) is 5.89. The molecule has 5 N–H and O–H groups in total. The highest BCUT2D eigenvalue weighted by Crippen LogP contribution is 2.26. The summed E-state index contributed by atoms with van der Waals surface area (Å²) >= 11 is 7.15. The fourth-order valence-corrected chi connectivity index (χ4v) is 4.15. The van der Waals surface area contributed by atoms with E-state index in [4.69, 9.17) is 23.1 Å². The lowest BCUT2D eigenvalue weighted by molar-refractivity contribution is 0.105. The van der Waals surface area contributed by atoms with Crippen LogP contribution < -0.4 is 16.8 Å². The molecule has 3 rings (SSSR count). The average molecular weight is 462 g/mol. The summed E-state index contributed by atoms with van der Waals surface area (Å²) < 4.78 is 27.0. The van der Waals surface area contributed by atoms with Crippen LogP contribution in [0.5, 0.6) is 0 Å². The van der Waals surface area contributed by atoms with Gasteiger partial charge in [0.15, 0.2) is 5.78 Å². The van der Waals surface area contributed by atoms with Gasteiger partial charge in [-0.3, -0.25) is 4.79 Å². The standard InChI is InChI=1S/C19H16ClN5O3S2/c20-13-3-1-12(2-4-13)18-24-11-17(29-18)16(26)9-10-23-14-5-7-15(8-6-14)30(27,28)25-19(21)22/h1-11,23H,(H4,21,22,25)/b10-9+. The number of guanidine groups is 1. The summed E-state index contributed by atoms with van der Waals surface area (Å²) in [6, 6.07) is 12.9. The third-order valence-corrected chi connectivity index (χ3v) is 6.33. The number of rotatable bonds is 7. The van der Waals surface area contributed by atoms with Gasteiger partial charge in [0.1, 0.15) is 5.01 Å². The normalized spacial score (nSPS) is 11.4. The predicted molar refractivity (Wildman–Crippen MR) is 119 cm³/mol. The van der Waals surface area contributed by atoms with Crippen LogP contribution in [0.15, 0.2) is 76.3 Å². The molecule has 0 unspecified atom stereocenters. The van der Waals surface area contributed by atoms with Crippen LogP contribution in [-0.4, -0.2) is 25.1 Å². The van der Waals surface area contributed by atoms with Crippen LogP contribution in [0.25, 0.3) is 10.6 Å². The zero-order valence-electron chi connectivity index (χ0n) is 15.3. The summed E-state index contributed by atoms with van der Waals surface area (Å²) in [4.78, 5) is 17.0. The smallest absolute Gasteiger partial charge is 0.285 e. The minimum atomic E-state index is -3.94. The minimum absolute atomic E-state index is 0.0547. The van der Waals surface area contributed by atoms with Gasteiger partial charge in [-0.05, 0) is 36.4 Å². The number of ketones is 1. The molecule has 11 heteroatoms. The number of benzene rings is 2. The van der Waals surface area contributed by atoms with E-state index in [-0.39, 0.29) is 10.7 Å². The second-order valence-corrected chi connectivity index (χ2v) is 8.97. The Balaban J connectivity index is 1.64. The molecule has 1 heterocycles. The lowest BCUT2D eigenvalue weighted by Crippen LogP contribution is -2.24. The number of allylic oxidation sites excluding steroid dienone is 1. The molecule has 154 valence electrons. The first kappa shape index (κ1) is 21.5. The molecule has 0 aliphatic rings. The van der Waals surface area contributed by atoms with Gasteiger partial charge in [-0.25, -0.2) is 4.98 Å². The van der Waals surface area contributed by atoms with Gasteiger partial charge in [-0.15, -0.1) is 15.7 Å². The summed E-state index contributed by atoms with van der Waals surface area (Å²) in [7, 11) is -3.94. The lowest BCUT2D eigenvalue weighted by Gasteiger charge is -2.03. The van der Waals surface area contributed by atoms with E-state index in [1.165, 1.54) is 54.1 Å². The number of halogens is 1. The van der Waals surface area contributed by atoms with Gasteiger partial charge in [-0.1, -0.05) is 23.7 Å². The van der Waals surface area contributed by atoms with Crippen molar-refractivity contribution < 1.29 is 13.2 Å². The molecule has 30 heavy (non-hydrogen) atoms. The van der Waals surface area contributed by atoms with Crippen molar-refractivity contribution in [3.05, 3.63) is 76.9 Å². The van der Waals surface area contributed by atoms with Crippen LogP contribution in [0.2, 0.25) is 5.02 Å². The molecule has 0 fully saturated rings. The number of carbonyl (C=O) groups is 1. The number of nitrogens with zero attached hydrogens (tertiary/aromatic N) is 2. The van der Waals surface area contributed by atoms with Crippen LogP contribution in [-0.2, 0) is 10.0 Å². The first-order chi connectivity index (χ1) is 14.2. The number of sulfonamides is 1. The van der Waals surface area contributed by atoms with Gasteiger partial charge in [0.05, 0.1) is 9.77 Å². The van der Waals surface area contributed by atoms with Gasteiger partial charge < -0.3 is 16.8 Å². The molecular formula is C19H16ClN5O3S2. The topological polar surface area (TPSA) is 141 Å². The molecule has 0 aliphatic heterocycles. The lowest BCUT2D eigenvalue weighted by atomic mass is 10.2. The Hall–Kier alpha value is -3.21. The molecule has 3 aromatic rings. The predicted octanol–water partition coefficient (Wildman–Crippen LogP) is 3.23. The third-order valence-electron chi connectivity index (χ3n) is 3.70. The van der Waals surface area contributed by atoms with Gasteiger partial charge in [0.25, 0.3) is 10.0 Å². The quantitative estimate of drug-likeness (QED) is 0.212. The van der Waals surface area contributed by atoms with Crippen LogP contribution >= 0.6 is 22.9 Å². The highest BCUT2D eigenvalue weighted by atomic mass is 35.5. The number of anilines is 1. The molecule has 0 atom stereocenters. The highest BCUT2D eigenvalue weighted by Gasteiger charge is 2.13. The third kappa shape index (κ3) is 5.44. The molecule has 0 saturated carbocycles. The fourth-order valence-electron chi connectivity index (χ4n) is 2.32. The second kappa shape index (κ2) is 9.08. The maximum Gasteiger partial charge on any atom is 0.285 e. The van der Waals surface area contributed by atoms with E-state index in [2.05, 4.69) is 14.7 Å². The molecule has 8 nitrogen and oxygen atoms in total. The zero-order chi connectivity index (χ0) is 21.7. The van der Waals surface area contributed by atoms with E-state index in [9.17, 15) is 13.2 Å². The van der Waals surface area contributed by atoms with Crippen LogP contribution in [0.1, 0.15) is 9.67 Å². The monoisotopic (exact) mass is 461 g/mol. The molecule has 2 aromatic carbocycles. The number of aromatic nitrogens is 1. The largest absolute Gasteiger partial charge is 0.369 e. The van der Waals surface area contributed by atoms with Crippen molar-refractivity contribution in [2.75, 3.05) is 5.32 Å².